The fraction of sp³-hybridized carbons (Fsp3) is 0.742. The SMILES string of the molecule is C=C(CCCCCCCCC)c1cc(C(C)(C)CC(C)(C)C)cc(C2CCCCC2)c1O. The molecule has 1 heteroatoms. The van der Waals surface area contributed by atoms with E-state index in [-0.39, 0.29) is 10.8 Å². The summed E-state index contributed by atoms with van der Waals surface area (Å²) in [4.78, 5) is 0. The summed E-state index contributed by atoms with van der Waals surface area (Å²) >= 11 is 0. The van der Waals surface area contributed by atoms with Crippen molar-refractivity contribution in [2.75, 3.05) is 0 Å². The molecule has 0 radical (unpaired) electrons. The Morgan fingerprint density at radius 2 is 1.50 bits per heavy atom. The smallest absolute Gasteiger partial charge is 0.126 e. The second-order valence-corrected chi connectivity index (χ2v) is 12.4. The van der Waals surface area contributed by atoms with Gasteiger partial charge >= 0.3 is 0 Å². The van der Waals surface area contributed by atoms with E-state index >= 15 is 0 Å². The van der Waals surface area contributed by atoms with Crippen molar-refractivity contribution < 1.29 is 5.11 Å². The molecule has 0 spiro atoms. The van der Waals surface area contributed by atoms with Gasteiger partial charge in [-0.05, 0) is 71.6 Å². The van der Waals surface area contributed by atoms with Gasteiger partial charge in [0.05, 0.1) is 0 Å². The Labute approximate surface area is 200 Å². The molecule has 1 N–H and O–H groups in total. The summed E-state index contributed by atoms with van der Waals surface area (Å²) in [6, 6.07) is 4.62. The van der Waals surface area contributed by atoms with Gasteiger partial charge in [0.25, 0.3) is 0 Å². The highest BCUT2D eigenvalue weighted by molar-refractivity contribution is 5.71. The average Bonchev–Trinajstić information content (AvgIpc) is 2.72. The Balaban J connectivity index is 2.23. The second kappa shape index (κ2) is 12.3. The molecule has 0 atom stereocenters. The van der Waals surface area contributed by atoms with Crippen LogP contribution in [0.3, 0.4) is 0 Å². The van der Waals surface area contributed by atoms with E-state index < -0.39 is 0 Å². The highest BCUT2D eigenvalue weighted by atomic mass is 16.3. The lowest BCUT2D eigenvalue weighted by molar-refractivity contribution is 0.283. The summed E-state index contributed by atoms with van der Waals surface area (Å²) in [6.07, 6.45) is 17.6. The van der Waals surface area contributed by atoms with Gasteiger partial charge in [-0.3, -0.25) is 0 Å². The van der Waals surface area contributed by atoms with E-state index in [9.17, 15) is 5.11 Å². The van der Waals surface area contributed by atoms with Gasteiger partial charge in [-0.1, -0.05) is 112 Å². The largest absolute Gasteiger partial charge is 0.507 e. The fourth-order valence-corrected chi connectivity index (χ4v) is 5.90. The van der Waals surface area contributed by atoms with Crippen molar-refractivity contribution in [3.8, 4) is 5.75 Å². The van der Waals surface area contributed by atoms with Gasteiger partial charge in [0.15, 0.2) is 0 Å². The first kappa shape index (κ1) is 27.0. The first-order chi connectivity index (χ1) is 15.0. The summed E-state index contributed by atoms with van der Waals surface area (Å²) in [5.74, 6) is 1.03. The molecule has 2 rings (SSSR count). The van der Waals surface area contributed by atoms with E-state index in [4.69, 9.17) is 0 Å². The lowest BCUT2D eigenvalue weighted by atomic mass is 9.70. The summed E-state index contributed by atoms with van der Waals surface area (Å²) < 4.78 is 0. The zero-order valence-corrected chi connectivity index (χ0v) is 22.3. The van der Waals surface area contributed by atoms with Crippen molar-refractivity contribution in [1.82, 2.24) is 0 Å². The number of allylic oxidation sites excluding steroid dienone is 1. The normalized spacial score (nSPS) is 15.8. The average molecular weight is 441 g/mol. The second-order valence-electron chi connectivity index (χ2n) is 12.4. The molecule has 0 unspecified atom stereocenters. The van der Waals surface area contributed by atoms with E-state index in [1.54, 1.807) is 0 Å². The van der Waals surface area contributed by atoms with Crippen molar-refractivity contribution in [3.63, 3.8) is 0 Å². The van der Waals surface area contributed by atoms with Gasteiger partial charge < -0.3 is 5.11 Å². The van der Waals surface area contributed by atoms with Crippen LogP contribution in [0, 0.1) is 5.41 Å². The molecular weight excluding hydrogens is 388 g/mol. The number of rotatable bonds is 12. The van der Waals surface area contributed by atoms with Gasteiger partial charge in [-0.2, -0.15) is 0 Å². The van der Waals surface area contributed by atoms with E-state index in [1.807, 2.05) is 0 Å². The molecule has 182 valence electrons. The van der Waals surface area contributed by atoms with Crippen molar-refractivity contribution in [3.05, 3.63) is 35.4 Å². The molecule has 1 aliphatic rings. The van der Waals surface area contributed by atoms with Gasteiger partial charge in [0.2, 0.25) is 0 Å². The third-order valence-corrected chi connectivity index (χ3v) is 7.40. The summed E-state index contributed by atoms with van der Waals surface area (Å²) in [5.41, 5.74) is 5.06. The van der Waals surface area contributed by atoms with Gasteiger partial charge in [0.1, 0.15) is 5.75 Å². The maximum atomic E-state index is 11.4. The standard InChI is InChI=1S/C31H52O/c1-8-9-10-11-12-13-15-18-24(2)27-21-26(31(6,7)23-30(3,4)5)22-28(29(27)32)25-19-16-14-17-20-25/h21-22,25,32H,2,8-20,23H2,1,3-7H3. The molecule has 0 aromatic heterocycles. The molecule has 0 amide bonds. The topological polar surface area (TPSA) is 20.2 Å². The molecule has 0 saturated heterocycles. The number of aromatic hydroxyl groups is 1. The van der Waals surface area contributed by atoms with E-state index in [2.05, 4.69) is 60.3 Å². The van der Waals surface area contributed by atoms with Crippen molar-refractivity contribution in [2.24, 2.45) is 5.41 Å². The zero-order chi connectivity index (χ0) is 23.8. The molecule has 0 heterocycles. The Morgan fingerprint density at radius 1 is 0.906 bits per heavy atom. The molecule has 1 nitrogen and oxygen atoms in total. The quantitative estimate of drug-likeness (QED) is 0.320. The van der Waals surface area contributed by atoms with Crippen molar-refractivity contribution >= 4 is 5.57 Å². The Bertz CT molecular complexity index is 713. The molecule has 1 fully saturated rings. The van der Waals surface area contributed by atoms with E-state index in [0.29, 0.717) is 11.7 Å². The molecule has 1 saturated carbocycles. The van der Waals surface area contributed by atoms with E-state index in [1.165, 1.54) is 88.2 Å². The molecule has 32 heavy (non-hydrogen) atoms. The monoisotopic (exact) mass is 440 g/mol. The number of benzene rings is 1. The molecule has 0 bridgehead atoms. The first-order valence-corrected chi connectivity index (χ1v) is 13.6. The van der Waals surface area contributed by atoms with Crippen LogP contribution in [0.15, 0.2) is 18.7 Å². The molecule has 1 aliphatic carbocycles. The van der Waals surface area contributed by atoms with Crippen molar-refractivity contribution in [2.45, 2.75) is 143 Å². The minimum Gasteiger partial charge on any atom is -0.507 e. The predicted octanol–water partition coefficient (Wildman–Crippen LogP) is 10.3. The third kappa shape index (κ3) is 8.27. The lowest BCUT2D eigenvalue weighted by Gasteiger charge is -2.35. The molecule has 1 aromatic carbocycles. The number of unbranched alkanes of at least 4 members (excludes halogenated alkanes) is 6. The fourth-order valence-electron chi connectivity index (χ4n) is 5.90. The minimum absolute atomic E-state index is 0.0731. The van der Waals surface area contributed by atoms with Crippen LogP contribution in [0.4, 0.5) is 0 Å². The van der Waals surface area contributed by atoms with Crippen LogP contribution in [0.1, 0.15) is 154 Å². The lowest BCUT2D eigenvalue weighted by Crippen LogP contribution is -2.25. The maximum Gasteiger partial charge on any atom is 0.126 e. The van der Waals surface area contributed by atoms with E-state index in [0.717, 1.165) is 24.0 Å². The molecule has 1 aromatic rings. The number of phenolic OH excluding ortho intramolecular Hbond substituents is 1. The van der Waals surface area contributed by atoms with Crippen LogP contribution >= 0.6 is 0 Å². The maximum absolute atomic E-state index is 11.4. The number of hydrogen-bond donors (Lipinski definition) is 1. The summed E-state index contributed by atoms with van der Waals surface area (Å²) in [5, 5.41) is 11.4. The third-order valence-electron chi connectivity index (χ3n) is 7.40. The number of phenols is 1. The highest BCUT2D eigenvalue weighted by Gasteiger charge is 2.30. The molecular formula is C31H52O. The first-order valence-electron chi connectivity index (χ1n) is 13.6. The Morgan fingerprint density at radius 3 is 2.09 bits per heavy atom. The van der Waals surface area contributed by atoms with Crippen LogP contribution < -0.4 is 0 Å². The van der Waals surface area contributed by atoms with Crippen molar-refractivity contribution in [1.29, 1.82) is 0 Å². The Hall–Kier alpha value is -1.24. The number of hydrogen-bond acceptors (Lipinski definition) is 1. The minimum atomic E-state index is 0.0731. The van der Waals surface area contributed by atoms with Crippen LogP contribution in [-0.4, -0.2) is 5.11 Å². The van der Waals surface area contributed by atoms with Gasteiger partial charge in [-0.25, -0.2) is 0 Å². The Kier molecular flexibility index (Phi) is 10.4. The summed E-state index contributed by atoms with van der Waals surface area (Å²) in [7, 11) is 0. The van der Waals surface area contributed by atoms with Gasteiger partial charge in [-0.15, -0.1) is 0 Å². The summed E-state index contributed by atoms with van der Waals surface area (Å²) in [6.45, 7) is 18.5. The van der Waals surface area contributed by atoms with Crippen LogP contribution in [0.5, 0.6) is 5.75 Å². The van der Waals surface area contributed by atoms with Crippen LogP contribution in [0.25, 0.3) is 5.57 Å². The van der Waals surface area contributed by atoms with Crippen LogP contribution in [0.2, 0.25) is 0 Å². The predicted molar refractivity (Wildman–Crippen MR) is 143 cm³/mol. The van der Waals surface area contributed by atoms with Gasteiger partial charge in [0, 0.05) is 5.56 Å². The zero-order valence-electron chi connectivity index (χ0n) is 22.3. The highest BCUT2D eigenvalue weighted by Crippen LogP contribution is 2.45. The van der Waals surface area contributed by atoms with Crippen LogP contribution in [-0.2, 0) is 5.41 Å². The molecule has 0 aliphatic heterocycles.